The van der Waals surface area contributed by atoms with E-state index in [1.165, 1.54) is 12.1 Å². The maximum atomic E-state index is 13.0. The number of hydrogen-bond donors (Lipinski definition) is 0. The van der Waals surface area contributed by atoms with Gasteiger partial charge in [-0.25, -0.2) is 4.39 Å². The van der Waals surface area contributed by atoms with Crippen molar-refractivity contribution in [3.05, 3.63) is 78.1 Å². The van der Waals surface area contributed by atoms with Gasteiger partial charge in [0, 0.05) is 7.05 Å². The summed E-state index contributed by atoms with van der Waals surface area (Å²) in [5.41, 5.74) is 3.67. The van der Waals surface area contributed by atoms with Crippen LogP contribution in [0.5, 0.6) is 0 Å². The van der Waals surface area contributed by atoms with Crippen LogP contribution in [0.15, 0.2) is 66.3 Å². The normalized spacial score (nSPS) is 11.3. The van der Waals surface area contributed by atoms with E-state index in [0.29, 0.717) is 0 Å². The first-order valence-electron chi connectivity index (χ1n) is 6.93. The van der Waals surface area contributed by atoms with Crippen LogP contribution in [0, 0.1) is 5.82 Å². The van der Waals surface area contributed by atoms with Gasteiger partial charge in [-0.2, -0.15) is 5.10 Å². The van der Waals surface area contributed by atoms with Crippen molar-refractivity contribution in [3.63, 3.8) is 0 Å². The van der Waals surface area contributed by atoms with Crippen LogP contribution in [0.4, 0.5) is 4.39 Å². The number of benzene rings is 2. The van der Waals surface area contributed by atoms with Gasteiger partial charge in [-0.05, 0) is 41.8 Å². The van der Waals surface area contributed by atoms with Crippen molar-refractivity contribution in [3.8, 4) is 0 Å². The second kappa shape index (κ2) is 6.84. The zero-order valence-electron chi connectivity index (χ0n) is 12.4. The monoisotopic (exact) mass is 282 g/mol. The molecule has 2 aromatic carbocycles. The van der Waals surface area contributed by atoms with Crippen molar-refractivity contribution < 1.29 is 4.39 Å². The first-order valence-corrected chi connectivity index (χ1v) is 6.93. The molecule has 0 fully saturated rings. The molecule has 0 aliphatic rings. The van der Waals surface area contributed by atoms with Crippen LogP contribution < -0.4 is 0 Å². The molecule has 0 spiro atoms. The number of hydrogen-bond acceptors (Lipinski definition) is 2. The van der Waals surface area contributed by atoms with E-state index in [4.69, 9.17) is 0 Å². The minimum Gasteiger partial charge on any atom is -0.268 e. The Morgan fingerprint density at radius 3 is 2.24 bits per heavy atom. The minimum atomic E-state index is -0.253. The fraction of sp³-hybridized carbons (Fsp3) is 0.167. The van der Waals surface area contributed by atoms with Gasteiger partial charge in [0.15, 0.2) is 0 Å². The highest BCUT2D eigenvalue weighted by molar-refractivity contribution is 6.00. The number of nitrogens with zero attached hydrogens (tertiary/aromatic N) is 2. The number of halogens is 1. The molecule has 2 nitrogen and oxygen atoms in total. The lowest BCUT2D eigenvalue weighted by Gasteiger charge is -2.18. The van der Waals surface area contributed by atoms with Crippen molar-refractivity contribution in [2.24, 2.45) is 5.10 Å². The van der Waals surface area contributed by atoms with Gasteiger partial charge in [0.05, 0.1) is 11.4 Å². The predicted molar refractivity (Wildman–Crippen MR) is 86.5 cm³/mol. The summed E-state index contributed by atoms with van der Waals surface area (Å²) in [6, 6.07) is 16.3. The topological polar surface area (TPSA) is 15.6 Å². The van der Waals surface area contributed by atoms with Gasteiger partial charge in [-0.1, -0.05) is 43.8 Å². The lowest BCUT2D eigenvalue weighted by molar-refractivity contribution is 0.516. The van der Waals surface area contributed by atoms with Crippen molar-refractivity contribution in [2.75, 3.05) is 7.05 Å². The van der Waals surface area contributed by atoms with Crippen LogP contribution in [0.2, 0.25) is 0 Å². The molecule has 0 radical (unpaired) electrons. The molecule has 21 heavy (non-hydrogen) atoms. The van der Waals surface area contributed by atoms with Crippen LogP contribution in [-0.2, 0) is 0 Å². The van der Waals surface area contributed by atoms with Crippen molar-refractivity contribution in [1.82, 2.24) is 5.01 Å². The predicted octanol–water partition coefficient (Wildman–Crippen LogP) is 4.54. The first-order chi connectivity index (χ1) is 10.1. The van der Waals surface area contributed by atoms with Gasteiger partial charge < -0.3 is 0 Å². The van der Waals surface area contributed by atoms with Gasteiger partial charge in [0.25, 0.3) is 0 Å². The molecule has 0 saturated carbocycles. The van der Waals surface area contributed by atoms with Crippen molar-refractivity contribution >= 4 is 11.4 Å². The second-order valence-corrected chi connectivity index (χ2v) is 4.74. The molecule has 2 rings (SSSR count). The van der Waals surface area contributed by atoms with E-state index < -0.39 is 0 Å². The average Bonchev–Trinajstić information content (AvgIpc) is 2.53. The van der Waals surface area contributed by atoms with Crippen molar-refractivity contribution in [2.45, 2.75) is 13.3 Å². The van der Waals surface area contributed by atoms with Crippen molar-refractivity contribution in [1.29, 1.82) is 0 Å². The lowest BCUT2D eigenvalue weighted by Crippen LogP contribution is -2.13. The van der Waals surface area contributed by atoms with E-state index in [1.54, 1.807) is 17.1 Å². The summed E-state index contributed by atoms with van der Waals surface area (Å²) in [5, 5.41) is 6.36. The fourth-order valence-electron chi connectivity index (χ4n) is 2.03. The SMILES string of the molecule is C=C(c1ccc(F)cc1)N(C)/N=C(\CC)c1ccccc1. The number of hydrazone groups is 1. The van der Waals surface area contributed by atoms with Gasteiger partial charge in [0.2, 0.25) is 0 Å². The Bertz CT molecular complexity index is 630. The Balaban J connectivity index is 2.22. The number of rotatable bonds is 5. The van der Waals surface area contributed by atoms with E-state index in [9.17, 15) is 4.39 Å². The minimum absolute atomic E-state index is 0.253. The Labute approximate surface area is 125 Å². The summed E-state index contributed by atoms with van der Waals surface area (Å²) >= 11 is 0. The molecule has 0 aromatic heterocycles. The van der Waals surface area contributed by atoms with Gasteiger partial charge >= 0.3 is 0 Å². The molecular weight excluding hydrogens is 263 g/mol. The molecule has 2 aromatic rings. The third kappa shape index (κ3) is 3.78. The average molecular weight is 282 g/mol. The van der Waals surface area contributed by atoms with E-state index in [1.807, 2.05) is 37.4 Å². The fourth-order valence-corrected chi connectivity index (χ4v) is 2.03. The molecule has 0 atom stereocenters. The highest BCUT2D eigenvalue weighted by Crippen LogP contribution is 2.17. The summed E-state index contributed by atoms with van der Waals surface area (Å²) in [6.45, 7) is 6.10. The Morgan fingerprint density at radius 1 is 1.05 bits per heavy atom. The van der Waals surface area contributed by atoms with Crippen LogP contribution in [0.25, 0.3) is 5.70 Å². The summed E-state index contributed by atoms with van der Waals surface area (Å²) in [4.78, 5) is 0. The third-order valence-electron chi connectivity index (χ3n) is 3.28. The maximum Gasteiger partial charge on any atom is 0.123 e. The molecule has 0 unspecified atom stereocenters. The second-order valence-electron chi connectivity index (χ2n) is 4.74. The molecule has 0 bridgehead atoms. The van der Waals surface area contributed by atoms with Crippen LogP contribution in [-0.4, -0.2) is 17.8 Å². The third-order valence-corrected chi connectivity index (χ3v) is 3.28. The zero-order chi connectivity index (χ0) is 15.2. The molecule has 0 heterocycles. The van der Waals surface area contributed by atoms with E-state index >= 15 is 0 Å². The summed E-state index contributed by atoms with van der Waals surface area (Å²) < 4.78 is 13.0. The molecule has 3 heteroatoms. The highest BCUT2D eigenvalue weighted by atomic mass is 19.1. The molecule has 0 N–H and O–H groups in total. The summed E-state index contributed by atoms with van der Waals surface area (Å²) in [6.07, 6.45) is 0.824. The molecule has 0 aliphatic heterocycles. The highest BCUT2D eigenvalue weighted by Gasteiger charge is 2.07. The van der Waals surface area contributed by atoms with Gasteiger partial charge in [-0.3, -0.25) is 5.01 Å². The lowest BCUT2D eigenvalue weighted by atomic mass is 10.1. The quantitative estimate of drug-likeness (QED) is 0.580. The summed E-state index contributed by atoms with van der Waals surface area (Å²) in [5.74, 6) is -0.253. The van der Waals surface area contributed by atoms with Crippen LogP contribution in [0.1, 0.15) is 24.5 Å². The smallest absolute Gasteiger partial charge is 0.123 e. The molecule has 108 valence electrons. The van der Waals surface area contributed by atoms with Crippen LogP contribution in [0.3, 0.4) is 0 Å². The molecule has 0 amide bonds. The van der Waals surface area contributed by atoms with Gasteiger partial charge in [-0.15, -0.1) is 0 Å². The first kappa shape index (κ1) is 15.0. The zero-order valence-corrected chi connectivity index (χ0v) is 12.4. The van der Waals surface area contributed by atoms with Crippen LogP contribution >= 0.6 is 0 Å². The standard InChI is InChI=1S/C18H19FN2/c1-4-18(16-8-6-5-7-9-16)20-21(3)14(2)15-10-12-17(19)13-11-15/h5-13H,2,4H2,1,3H3/b20-18+. The Kier molecular flexibility index (Phi) is 4.88. The Hall–Kier alpha value is -2.42. The summed E-state index contributed by atoms with van der Waals surface area (Å²) in [7, 11) is 1.85. The van der Waals surface area contributed by atoms with E-state index in [0.717, 1.165) is 29.0 Å². The molecular formula is C18H19FN2. The molecule has 0 aliphatic carbocycles. The van der Waals surface area contributed by atoms with E-state index in [-0.39, 0.29) is 5.82 Å². The Morgan fingerprint density at radius 2 is 1.67 bits per heavy atom. The maximum absolute atomic E-state index is 13.0. The molecule has 0 saturated heterocycles. The van der Waals surface area contributed by atoms with E-state index in [2.05, 4.69) is 18.6 Å². The van der Waals surface area contributed by atoms with Gasteiger partial charge in [0.1, 0.15) is 5.82 Å². The largest absolute Gasteiger partial charge is 0.268 e.